The summed E-state index contributed by atoms with van der Waals surface area (Å²) in [5, 5.41) is 10.2. The van der Waals surface area contributed by atoms with E-state index >= 15 is 0 Å². The summed E-state index contributed by atoms with van der Waals surface area (Å²) in [4.78, 5) is 36.7. The molecule has 0 saturated carbocycles. The summed E-state index contributed by atoms with van der Waals surface area (Å²) in [5.74, 6) is -0.499. The second-order valence-electron chi connectivity index (χ2n) is 6.23. The second kappa shape index (κ2) is 10.2. The molecule has 0 bridgehead atoms. The van der Waals surface area contributed by atoms with Gasteiger partial charge in [-0.1, -0.05) is 36.4 Å². The summed E-state index contributed by atoms with van der Waals surface area (Å²) in [6, 6.07) is 19.6. The highest BCUT2D eigenvalue weighted by molar-refractivity contribution is 7.12. The van der Waals surface area contributed by atoms with Gasteiger partial charge in [0, 0.05) is 30.8 Å². The highest BCUT2D eigenvalue weighted by atomic mass is 32.1. The standard InChI is InChI=1S/C22H21N3O3S/c26-20(17-5-2-1-3-6-17)23-12-13-24-21(27)18-10-8-16(9-11-18)15-25-22(28)19-7-4-14-29-19/h1-11,14H,12-13,15H2,(H,23,26)(H,24,27)(H,25,28). The Balaban J connectivity index is 1.39. The molecule has 29 heavy (non-hydrogen) atoms. The minimum absolute atomic E-state index is 0.112. The second-order valence-corrected chi connectivity index (χ2v) is 7.18. The first-order valence-corrected chi connectivity index (χ1v) is 10.0. The number of rotatable bonds is 8. The van der Waals surface area contributed by atoms with Crippen molar-refractivity contribution in [3.63, 3.8) is 0 Å². The lowest BCUT2D eigenvalue weighted by molar-refractivity contribution is 0.0927. The SMILES string of the molecule is O=C(NCCNC(=O)c1ccc(CNC(=O)c2cccs2)cc1)c1ccccc1. The number of carbonyl (C=O) groups is 3. The molecular weight excluding hydrogens is 386 g/mol. The highest BCUT2D eigenvalue weighted by Crippen LogP contribution is 2.09. The number of hydrogen-bond acceptors (Lipinski definition) is 4. The maximum Gasteiger partial charge on any atom is 0.261 e. The summed E-state index contributed by atoms with van der Waals surface area (Å²) in [7, 11) is 0. The highest BCUT2D eigenvalue weighted by Gasteiger charge is 2.08. The van der Waals surface area contributed by atoms with Crippen LogP contribution in [0, 0.1) is 0 Å². The van der Waals surface area contributed by atoms with Gasteiger partial charge in [0.1, 0.15) is 0 Å². The van der Waals surface area contributed by atoms with Gasteiger partial charge in [0.05, 0.1) is 4.88 Å². The van der Waals surface area contributed by atoms with E-state index in [4.69, 9.17) is 0 Å². The predicted molar refractivity (Wildman–Crippen MR) is 113 cm³/mol. The Morgan fingerprint density at radius 2 is 1.28 bits per heavy atom. The molecule has 0 atom stereocenters. The molecule has 0 aliphatic carbocycles. The molecule has 3 N–H and O–H groups in total. The number of benzene rings is 2. The summed E-state index contributed by atoms with van der Waals surface area (Å²) in [5.41, 5.74) is 2.01. The first-order chi connectivity index (χ1) is 14.1. The Morgan fingerprint density at radius 1 is 0.655 bits per heavy atom. The van der Waals surface area contributed by atoms with Crippen molar-refractivity contribution in [3.8, 4) is 0 Å². The average molecular weight is 407 g/mol. The van der Waals surface area contributed by atoms with Crippen LogP contribution in [0.25, 0.3) is 0 Å². The normalized spacial score (nSPS) is 10.2. The number of nitrogens with one attached hydrogen (secondary N) is 3. The van der Waals surface area contributed by atoms with E-state index in [0.717, 1.165) is 5.56 Å². The van der Waals surface area contributed by atoms with E-state index in [2.05, 4.69) is 16.0 Å². The molecule has 3 amide bonds. The third-order valence-electron chi connectivity index (χ3n) is 4.15. The molecule has 148 valence electrons. The van der Waals surface area contributed by atoms with E-state index in [1.807, 2.05) is 17.5 Å². The molecule has 7 heteroatoms. The molecule has 0 unspecified atom stereocenters. The van der Waals surface area contributed by atoms with Gasteiger partial charge in [0.15, 0.2) is 0 Å². The van der Waals surface area contributed by atoms with Crippen LogP contribution in [0.5, 0.6) is 0 Å². The lowest BCUT2D eigenvalue weighted by Gasteiger charge is -2.08. The van der Waals surface area contributed by atoms with Gasteiger partial charge >= 0.3 is 0 Å². The number of thiophene rings is 1. The first kappa shape index (κ1) is 20.3. The van der Waals surface area contributed by atoms with Gasteiger partial charge in [-0.05, 0) is 41.3 Å². The zero-order valence-corrected chi connectivity index (χ0v) is 16.5. The third kappa shape index (κ3) is 6.02. The molecule has 0 aliphatic heterocycles. The molecule has 0 saturated heterocycles. The molecule has 1 aromatic heterocycles. The van der Waals surface area contributed by atoms with E-state index in [1.54, 1.807) is 54.6 Å². The minimum Gasteiger partial charge on any atom is -0.350 e. The fourth-order valence-electron chi connectivity index (χ4n) is 2.60. The molecule has 6 nitrogen and oxygen atoms in total. The molecule has 3 aromatic rings. The van der Waals surface area contributed by atoms with Gasteiger partial charge in [-0.25, -0.2) is 0 Å². The summed E-state index contributed by atoms with van der Waals surface area (Å²) >= 11 is 1.39. The Labute approximate surface area is 173 Å². The number of carbonyl (C=O) groups excluding carboxylic acids is 3. The third-order valence-corrected chi connectivity index (χ3v) is 5.01. The van der Waals surface area contributed by atoms with E-state index in [1.165, 1.54) is 11.3 Å². The van der Waals surface area contributed by atoms with Crippen LogP contribution < -0.4 is 16.0 Å². The molecule has 2 aromatic carbocycles. The quantitative estimate of drug-likeness (QED) is 0.502. The van der Waals surface area contributed by atoms with Crippen LogP contribution in [0.2, 0.25) is 0 Å². The van der Waals surface area contributed by atoms with Crippen LogP contribution in [0.4, 0.5) is 0 Å². The van der Waals surface area contributed by atoms with Crippen molar-refractivity contribution in [2.75, 3.05) is 13.1 Å². The summed E-state index contributed by atoms with van der Waals surface area (Å²) in [6.45, 7) is 1.06. The molecule has 0 aliphatic rings. The van der Waals surface area contributed by atoms with Crippen LogP contribution in [-0.4, -0.2) is 30.8 Å². The van der Waals surface area contributed by atoms with E-state index in [9.17, 15) is 14.4 Å². The monoisotopic (exact) mass is 407 g/mol. The van der Waals surface area contributed by atoms with Crippen molar-refractivity contribution in [2.45, 2.75) is 6.54 Å². The maximum atomic E-state index is 12.2. The van der Waals surface area contributed by atoms with Gasteiger partial charge in [0.2, 0.25) is 0 Å². The van der Waals surface area contributed by atoms with Gasteiger partial charge in [-0.3, -0.25) is 14.4 Å². The fraction of sp³-hybridized carbons (Fsp3) is 0.136. The smallest absolute Gasteiger partial charge is 0.261 e. The molecule has 1 heterocycles. The molecule has 0 spiro atoms. The van der Waals surface area contributed by atoms with Crippen LogP contribution in [-0.2, 0) is 6.54 Å². The number of hydrogen-bond donors (Lipinski definition) is 3. The van der Waals surface area contributed by atoms with Crippen LogP contribution in [0.1, 0.15) is 36.0 Å². The van der Waals surface area contributed by atoms with Crippen molar-refractivity contribution < 1.29 is 14.4 Å². The van der Waals surface area contributed by atoms with Crippen LogP contribution >= 0.6 is 11.3 Å². The summed E-state index contributed by atoms with van der Waals surface area (Å²) in [6.07, 6.45) is 0. The van der Waals surface area contributed by atoms with Gasteiger partial charge < -0.3 is 16.0 Å². The Morgan fingerprint density at radius 3 is 1.86 bits per heavy atom. The first-order valence-electron chi connectivity index (χ1n) is 9.15. The molecule has 3 rings (SSSR count). The number of amides is 3. The van der Waals surface area contributed by atoms with Gasteiger partial charge in [-0.15, -0.1) is 11.3 Å². The van der Waals surface area contributed by atoms with Gasteiger partial charge in [-0.2, -0.15) is 0 Å². The zero-order valence-electron chi connectivity index (χ0n) is 15.7. The van der Waals surface area contributed by atoms with Crippen LogP contribution in [0.15, 0.2) is 72.1 Å². The van der Waals surface area contributed by atoms with Gasteiger partial charge in [0.25, 0.3) is 17.7 Å². The van der Waals surface area contributed by atoms with E-state index < -0.39 is 0 Å². The van der Waals surface area contributed by atoms with Crippen molar-refractivity contribution in [1.29, 1.82) is 0 Å². The van der Waals surface area contributed by atoms with Crippen molar-refractivity contribution in [2.24, 2.45) is 0 Å². The van der Waals surface area contributed by atoms with E-state index in [0.29, 0.717) is 35.6 Å². The Bertz CT molecular complexity index is 955. The lowest BCUT2D eigenvalue weighted by Crippen LogP contribution is -2.34. The average Bonchev–Trinajstić information content (AvgIpc) is 3.31. The largest absolute Gasteiger partial charge is 0.350 e. The topological polar surface area (TPSA) is 87.3 Å². The van der Waals surface area contributed by atoms with Crippen molar-refractivity contribution >= 4 is 29.1 Å². The lowest BCUT2D eigenvalue weighted by atomic mass is 10.1. The maximum absolute atomic E-state index is 12.2. The van der Waals surface area contributed by atoms with Crippen molar-refractivity contribution in [1.82, 2.24) is 16.0 Å². The fourth-order valence-corrected chi connectivity index (χ4v) is 3.24. The predicted octanol–water partition coefficient (Wildman–Crippen LogP) is 2.84. The van der Waals surface area contributed by atoms with Crippen molar-refractivity contribution in [3.05, 3.63) is 93.7 Å². The minimum atomic E-state index is -0.215. The Hall–Kier alpha value is -3.45. The Kier molecular flexibility index (Phi) is 7.13. The van der Waals surface area contributed by atoms with E-state index in [-0.39, 0.29) is 17.7 Å². The molecule has 0 radical (unpaired) electrons. The zero-order chi connectivity index (χ0) is 20.5. The van der Waals surface area contributed by atoms with Crippen LogP contribution in [0.3, 0.4) is 0 Å². The molecule has 0 fully saturated rings. The molecular formula is C22H21N3O3S. The summed E-state index contributed by atoms with van der Waals surface area (Å²) < 4.78 is 0.